The lowest BCUT2D eigenvalue weighted by molar-refractivity contribution is -0.138. The van der Waals surface area contributed by atoms with Crippen LogP contribution in [0.3, 0.4) is 0 Å². The number of aryl methyl sites for hydroxylation is 1. The Kier molecular flexibility index (Phi) is 8.02. The van der Waals surface area contributed by atoms with Crippen molar-refractivity contribution in [2.75, 3.05) is 33.9 Å². The van der Waals surface area contributed by atoms with Gasteiger partial charge in [0.05, 0.1) is 12.1 Å². The third-order valence-corrected chi connectivity index (χ3v) is 5.73. The number of tetrazole rings is 1. The number of halogens is 3. The Hall–Kier alpha value is -3.28. The van der Waals surface area contributed by atoms with Crippen LogP contribution in [-0.4, -0.2) is 81.7 Å². The van der Waals surface area contributed by atoms with Crippen molar-refractivity contribution >= 4 is 17.9 Å². The summed E-state index contributed by atoms with van der Waals surface area (Å²) < 4.78 is 44.5. The van der Waals surface area contributed by atoms with Gasteiger partial charge in [0.15, 0.2) is 5.82 Å². The minimum atomic E-state index is -4.50. The number of methoxy groups -OCH3 is 1. The molecule has 1 aliphatic rings. The highest BCUT2D eigenvalue weighted by atomic mass is 19.4. The molecule has 2 amide bonds. The van der Waals surface area contributed by atoms with Gasteiger partial charge in [0, 0.05) is 39.4 Å². The third kappa shape index (κ3) is 6.40. The molecule has 9 nitrogen and oxygen atoms in total. The van der Waals surface area contributed by atoms with Crippen LogP contribution in [0.4, 0.5) is 13.2 Å². The number of likely N-dealkylation sites (tertiary alicyclic amines) is 1. The van der Waals surface area contributed by atoms with Crippen LogP contribution < -0.4 is 0 Å². The van der Waals surface area contributed by atoms with Gasteiger partial charge in [-0.25, -0.2) is 0 Å². The summed E-state index contributed by atoms with van der Waals surface area (Å²) in [6.07, 6.45) is -0.377. The Morgan fingerprint density at radius 3 is 2.56 bits per heavy atom. The first-order valence-corrected chi connectivity index (χ1v) is 10.7. The van der Waals surface area contributed by atoms with E-state index in [9.17, 15) is 22.8 Å². The molecule has 0 N–H and O–H groups in total. The quantitative estimate of drug-likeness (QED) is 0.564. The minimum absolute atomic E-state index is 0.0114. The molecular formula is C22H27F3N6O3. The standard InChI is InChI=1S/C22H27F3N6O3/c1-15-26-28-31(27-15)13-17-12-18(22(23,24)25)6-4-16(17)5-7-20(32)30-10-8-19(9-11-30)29(2)21(33)14-34-3/h4-7,12,19H,8-11,13-14H2,1-3H3. The molecule has 0 aliphatic carbocycles. The van der Waals surface area contributed by atoms with Gasteiger partial charge in [-0.05, 0) is 54.3 Å². The second-order valence-corrected chi connectivity index (χ2v) is 8.11. The van der Waals surface area contributed by atoms with E-state index in [0.717, 1.165) is 12.1 Å². The molecule has 12 heteroatoms. The zero-order valence-electron chi connectivity index (χ0n) is 19.2. The number of carbonyl (C=O) groups excluding carboxylic acids is 2. The predicted octanol–water partition coefficient (Wildman–Crippen LogP) is 2.16. The summed E-state index contributed by atoms with van der Waals surface area (Å²) in [5.41, 5.74) is -0.0265. The molecule has 2 aromatic rings. The number of alkyl halides is 3. The van der Waals surface area contributed by atoms with Crippen molar-refractivity contribution < 1.29 is 27.5 Å². The van der Waals surface area contributed by atoms with E-state index in [1.165, 1.54) is 30.1 Å². The van der Waals surface area contributed by atoms with E-state index in [2.05, 4.69) is 15.4 Å². The summed E-state index contributed by atoms with van der Waals surface area (Å²) >= 11 is 0. The molecule has 0 unspecified atom stereocenters. The average molecular weight is 480 g/mol. The van der Waals surface area contributed by atoms with Crippen LogP contribution in [0.15, 0.2) is 24.3 Å². The summed E-state index contributed by atoms with van der Waals surface area (Å²) in [5.74, 6) is 0.0428. The maximum absolute atomic E-state index is 13.2. The van der Waals surface area contributed by atoms with Gasteiger partial charge in [0.1, 0.15) is 6.61 Å². The zero-order chi connectivity index (χ0) is 24.9. The lowest BCUT2D eigenvalue weighted by Crippen LogP contribution is -2.47. The van der Waals surface area contributed by atoms with Crippen LogP contribution in [0.2, 0.25) is 0 Å². The van der Waals surface area contributed by atoms with Crippen LogP contribution in [0.5, 0.6) is 0 Å². The van der Waals surface area contributed by atoms with E-state index in [-0.39, 0.29) is 31.0 Å². The molecule has 2 heterocycles. The van der Waals surface area contributed by atoms with Gasteiger partial charge in [-0.1, -0.05) is 6.07 Å². The molecule has 34 heavy (non-hydrogen) atoms. The van der Waals surface area contributed by atoms with E-state index in [0.29, 0.717) is 42.9 Å². The number of benzene rings is 1. The van der Waals surface area contributed by atoms with Crippen molar-refractivity contribution in [2.24, 2.45) is 0 Å². The second-order valence-electron chi connectivity index (χ2n) is 8.11. The molecular weight excluding hydrogens is 453 g/mol. The Bertz CT molecular complexity index is 1040. The SMILES string of the molecule is COCC(=O)N(C)C1CCN(C(=O)C=Cc2ccc(C(F)(F)F)cc2Cn2nnc(C)n2)CC1. The van der Waals surface area contributed by atoms with Gasteiger partial charge in [-0.2, -0.15) is 18.0 Å². The van der Waals surface area contributed by atoms with Gasteiger partial charge in [0.25, 0.3) is 0 Å². The highest BCUT2D eigenvalue weighted by Crippen LogP contribution is 2.31. The van der Waals surface area contributed by atoms with Gasteiger partial charge in [-0.15, -0.1) is 10.2 Å². The normalized spacial score (nSPS) is 15.2. The van der Waals surface area contributed by atoms with E-state index >= 15 is 0 Å². The smallest absolute Gasteiger partial charge is 0.375 e. The minimum Gasteiger partial charge on any atom is -0.375 e. The first kappa shape index (κ1) is 25.3. The molecule has 0 bridgehead atoms. The van der Waals surface area contributed by atoms with Crippen LogP contribution in [0.25, 0.3) is 6.08 Å². The molecule has 0 radical (unpaired) electrons. The molecule has 0 atom stereocenters. The number of hydrogen-bond donors (Lipinski definition) is 0. The van der Waals surface area contributed by atoms with Crippen molar-refractivity contribution in [3.8, 4) is 0 Å². The number of amides is 2. The predicted molar refractivity (Wildman–Crippen MR) is 116 cm³/mol. The molecule has 0 saturated carbocycles. The summed E-state index contributed by atoms with van der Waals surface area (Å²) in [6.45, 7) is 2.56. The first-order chi connectivity index (χ1) is 16.1. The largest absolute Gasteiger partial charge is 0.416 e. The van der Waals surface area contributed by atoms with E-state index in [4.69, 9.17) is 4.74 Å². The van der Waals surface area contributed by atoms with Crippen molar-refractivity contribution in [1.82, 2.24) is 30.0 Å². The van der Waals surface area contributed by atoms with Crippen LogP contribution in [0.1, 0.15) is 35.4 Å². The van der Waals surface area contributed by atoms with Crippen molar-refractivity contribution in [1.29, 1.82) is 0 Å². The number of piperidine rings is 1. The number of hydrogen-bond acceptors (Lipinski definition) is 6. The van der Waals surface area contributed by atoms with Gasteiger partial charge >= 0.3 is 6.18 Å². The van der Waals surface area contributed by atoms with Crippen molar-refractivity contribution in [3.63, 3.8) is 0 Å². The fourth-order valence-corrected chi connectivity index (χ4v) is 3.79. The summed E-state index contributed by atoms with van der Waals surface area (Å²) in [5, 5.41) is 11.6. The molecule has 3 rings (SSSR count). The van der Waals surface area contributed by atoms with Gasteiger partial charge in [0.2, 0.25) is 11.8 Å². The summed E-state index contributed by atoms with van der Waals surface area (Å²) in [7, 11) is 3.19. The Morgan fingerprint density at radius 2 is 1.97 bits per heavy atom. The fraction of sp³-hybridized carbons (Fsp3) is 0.500. The van der Waals surface area contributed by atoms with Crippen molar-refractivity contribution in [2.45, 2.75) is 38.5 Å². The molecule has 184 valence electrons. The number of rotatable bonds is 7. The fourth-order valence-electron chi connectivity index (χ4n) is 3.79. The number of ether oxygens (including phenoxy) is 1. The van der Waals surface area contributed by atoms with Crippen molar-refractivity contribution in [3.05, 3.63) is 46.8 Å². The van der Waals surface area contributed by atoms with Gasteiger partial charge in [-0.3, -0.25) is 9.59 Å². The van der Waals surface area contributed by atoms with Crippen LogP contribution in [0, 0.1) is 6.92 Å². The maximum atomic E-state index is 13.2. The number of likely N-dealkylation sites (N-methyl/N-ethyl adjacent to an activating group) is 1. The van der Waals surface area contributed by atoms with E-state index in [1.54, 1.807) is 23.8 Å². The number of aromatic nitrogens is 4. The lowest BCUT2D eigenvalue weighted by atomic mass is 10.0. The van der Waals surface area contributed by atoms with E-state index < -0.39 is 11.7 Å². The summed E-state index contributed by atoms with van der Waals surface area (Å²) in [4.78, 5) is 29.2. The van der Waals surface area contributed by atoms with Crippen LogP contribution >= 0.6 is 0 Å². The molecule has 1 fully saturated rings. The Morgan fingerprint density at radius 1 is 1.26 bits per heavy atom. The topological polar surface area (TPSA) is 93.5 Å². The van der Waals surface area contributed by atoms with Gasteiger partial charge < -0.3 is 14.5 Å². The molecule has 1 aliphatic heterocycles. The van der Waals surface area contributed by atoms with Crippen LogP contribution in [-0.2, 0) is 27.0 Å². The van der Waals surface area contributed by atoms with E-state index in [1.807, 2.05) is 0 Å². The third-order valence-electron chi connectivity index (χ3n) is 5.73. The Balaban J connectivity index is 1.69. The number of nitrogens with zero attached hydrogens (tertiary/aromatic N) is 6. The molecule has 1 saturated heterocycles. The summed E-state index contributed by atoms with van der Waals surface area (Å²) in [6, 6.07) is 3.36. The molecule has 1 aromatic heterocycles. The average Bonchev–Trinajstić information content (AvgIpc) is 3.21. The monoisotopic (exact) mass is 480 g/mol. The lowest BCUT2D eigenvalue weighted by Gasteiger charge is -2.36. The highest BCUT2D eigenvalue weighted by Gasteiger charge is 2.31. The maximum Gasteiger partial charge on any atom is 0.416 e. The highest BCUT2D eigenvalue weighted by molar-refractivity contribution is 5.92. The number of carbonyl (C=O) groups is 2. The first-order valence-electron chi connectivity index (χ1n) is 10.7. The Labute approximate surface area is 195 Å². The zero-order valence-corrected chi connectivity index (χ0v) is 19.2. The second kappa shape index (κ2) is 10.8. The molecule has 0 spiro atoms. The molecule has 1 aromatic carbocycles.